The van der Waals surface area contributed by atoms with Crippen molar-refractivity contribution in [2.75, 3.05) is 41.4 Å². The summed E-state index contributed by atoms with van der Waals surface area (Å²) in [4.78, 5) is 22.3. The number of halogens is 2. The van der Waals surface area contributed by atoms with Gasteiger partial charge in [0.1, 0.15) is 5.82 Å². The van der Waals surface area contributed by atoms with Crippen LogP contribution in [-0.2, 0) is 16.1 Å². The second kappa shape index (κ2) is 8.31. The lowest BCUT2D eigenvalue weighted by Crippen LogP contribution is -2.43. The van der Waals surface area contributed by atoms with Gasteiger partial charge in [-0.15, -0.1) is 0 Å². The van der Waals surface area contributed by atoms with Crippen LogP contribution < -0.4 is 15.1 Å². The van der Waals surface area contributed by atoms with Crippen molar-refractivity contribution in [1.82, 2.24) is 4.98 Å². The molecule has 0 spiro atoms. The van der Waals surface area contributed by atoms with Gasteiger partial charge in [-0.2, -0.15) is 0 Å². The molecule has 5 rings (SSSR count). The molecule has 1 N–H and O–H groups in total. The normalized spacial score (nSPS) is 24.7. The number of rotatable bonds is 2. The molecule has 1 saturated carbocycles. The molecule has 6 nitrogen and oxygen atoms in total. The molecule has 1 saturated heterocycles. The Bertz CT molecular complexity index is 1010. The minimum atomic E-state index is -2.69. The van der Waals surface area contributed by atoms with Gasteiger partial charge in [-0.3, -0.25) is 4.79 Å². The highest BCUT2D eigenvalue weighted by Crippen LogP contribution is 2.43. The van der Waals surface area contributed by atoms with Crippen molar-refractivity contribution in [3.8, 4) is 0 Å². The minimum absolute atomic E-state index is 0.0909. The van der Waals surface area contributed by atoms with Crippen molar-refractivity contribution >= 4 is 28.8 Å². The topological polar surface area (TPSA) is 57.7 Å². The number of hydrogen-bond donors (Lipinski definition) is 1. The lowest BCUT2D eigenvalue weighted by atomic mass is 9.77. The number of ether oxygens (including phenoxy) is 1. The van der Waals surface area contributed by atoms with E-state index in [0.717, 1.165) is 35.7 Å². The van der Waals surface area contributed by atoms with Crippen molar-refractivity contribution in [1.29, 1.82) is 0 Å². The summed E-state index contributed by atoms with van der Waals surface area (Å²) in [7, 11) is 0. The van der Waals surface area contributed by atoms with Gasteiger partial charge in [0, 0.05) is 49.3 Å². The third-order valence-electron chi connectivity index (χ3n) is 6.83. The molecule has 32 heavy (non-hydrogen) atoms. The molecule has 3 heterocycles. The van der Waals surface area contributed by atoms with Crippen LogP contribution in [0.4, 0.5) is 31.7 Å². The summed E-state index contributed by atoms with van der Waals surface area (Å²) in [5.74, 6) is -2.86. The van der Waals surface area contributed by atoms with Crippen LogP contribution in [0.3, 0.4) is 0 Å². The summed E-state index contributed by atoms with van der Waals surface area (Å²) in [6.45, 7) is 5.04. The number of nitrogens with zero attached hydrogens (tertiary/aromatic N) is 3. The predicted molar refractivity (Wildman–Crippen MR) is 120 cm³/mol. The Balaban J connectivity index is 1.52. The van der Waals surface area contributed by atoms with E-state index in [0.29, 0.717) is 25.6 Å². The summed E-state index contributed by atoms with van der Waals surface area (Å²) in [5, 5.41) is 3.38. The fourth-order valence-electron chi connectivity index (χ4n) is 5.06. The van der Waals surface area contributed by atoms with Crippen LogP contribution in [0.15, 0.2) is 36.5 Å². The Labute approximate surface area is 186 Å². The zero-order valence-corrected chi connectivity index (χ0v) is 18.2. The maximum Gasteiger partial charge on any atom is 0.248 e. The SMILES string of the molecule is C[C@H]1CC(F)(F)CC[C@@H]1C(=O)N1Cc2cccnc2Nc2ccc(N3CCOCC3)cc21. The number of fused-ring (bicyclic) bond motifs is 2. The fourth-order valence-corrected chi connectivity index (χ4v) is 5.06. The van der Waals surface area contributed by atoms with E-state index in [-0.39, 0.29) is 31.1 Å². The van der Waals surface area contributed by atoms with Gasteiger partial charge in [0.05, 0.1) is 31.1 Å². The number of anilines is 4. The first-order chi connectivity index (χ1) is 15.4. The van der Waals surface area contributed by atoms with Gasteiger partial charge >= 0.3 is 0 Å². The molecule has 8 heteroatoms. The van der Waals surface area contributed by atoms with E-state index >= 15 is 0 Å². The molecule has 170 valence electrons. The summed E-state index contributed by atoms with van der Waals surface area (Å²) < 4.78 is 33.3. The van der Waals surface area contributed by atoms with Crippen molar-refractivity contribution in [2.24, 2.45) is 11.8 Å². The second-order valence-corrected chi connectivity index (χ2v) is 9.04. The standard InChI is InChI=1S/C24H28F2N4O2/c1-16-14-24(25,26)7-6-19(16)23(31)30-15-17-3-2-8-27-22(17)28-20-5-4-18(13-21(20)30)29-9-11-32-12-10-29/h2-5,8,13,16,19H,6-7,9-12,14-15H2,1H3,(H,27,28)/t16-,19-/m0/s1. The maximum absolute atomic E-state index is 13.9. The second-order valence-electron chi connectivity index (χ2n) is 9.04. The van der Waals surface area contributed by atoms with Crippen molar-refractivity contribution in [3.63, 3.8) is 0 Å². The molecule has 1 amide bonds. The van der Waals surface area contributed by atoms with Crippen LogP contribution in [-0.4, -0.2) is 43.1 Å². The highest BCUT2D eigenvalue weighted by molar-refractivity contribution is 6.00. The Morgan fingerprint density at radius 2 is 2.06 bits per heavy atom. The molecule has 0 bridgehead atoms. The number of benzene rings is 1. The lowest BCUT2D eigenvalue weighted by Gasteiger charge is -2.36. The van der Waals surface area contributed by atoms with Crippen molar-refractivity contribution in [2.45, 2.75) is 38.7 Å². The molecule has 2 aromatic rings. The molecule has 1 aromatic heterocycles. The quantitative estimate of drug-likeness (QED) is 0.738. The number of morpholine rings is 1. The molecule has 3 aliphatic rings. The zero-order valence-electron chi connectivity index (χ0n) is 18.2. The van der Waals surface area contributed by atoms with E-state index in [9.17, 15) is 13.6 Å². The first-order valence-corrected chi connectivity index (χ1v) is 11.3. The predicted octanol–water partition coefficient (Wildman–Crippen LogP) is 4.58. The maximum atomic E-state index is 13.9. The summed E-state index contributed by atoms with van der Waals surface area (Å²) in [6, 6.07) is 9.84. The van der Waals surface area contributed by atoms with Gasteiger partial charge in [0.2, 0.25) is 11.8 Å². The van der Waals surface area contributed by atoms with E-state index < -0.39 is 11.8 Å². The molecule has 0 radical (unpaired) electrons. The van der Waals surface area contributed by atoms with Crippen LogP contribution >= 0.6 is 0 Å². The third kappa shape index (κ3) is 4.03. The van der Waals surface area contributed by atoms with Crippen LogP contribution in [0.5, 0.6) is 0 Å². The van der Waals surface area contributed by atoms with Gasteiger partial charge in [0.15, 0.2) is 0 Å². The van der Waals surface area contributed by atoms with Crippen molar-refractivity contribution in [3.05, 3.63) is 42.1 Å². The van der Waals surface area contributed by atoms with E-state index in [1.54, 1.807) is 18.0 Å². The number of carbonyl (C=O) groups excluding carboxylic acids is 1. The van der Waals surface area contributed by atoms with Gasteiger partial charge in [-0.25, -0.2) is 13.8 Å². The third-order valence-corrected chi connectivity index (χ3v) is 6.83. The molecule has 2 aliphatic heterocycles. The highest BCUT2D eigenvalue weighted by atomic mass is 19.3. The van der Waals surface area contributed by atoms with Gasteiger partial charge in [-0.05, 0) is 36.6 Å². The molecule has 2 fully saturated rings. The number of pyridine rings is 1. The fraction of sp³-hybridized carbons (Fsp3) is 0.500. The van der Waals surface area contributed by atoms with Crippen LogP contribution in [0.25, 0.3) is 0 Å². The number of amides is 1. The van der Waals surface area contributed by atoms with Crippen molar-refractivity contribution < 1.29 is 18.3 Å². The van der Waals surface area contributed by atoms with Gasteiger partial charge in [-0.1, -0.05) is 13.0 Å². The van der Waals surface area contributed by atoms with Crippen LogP contribution in [0.2, 0.25) is 0 Å². The average Bonchev–Trinajstić information content (AvgIpc) is 2.95. The molecule has 1 aliphatic carbocycles. The van der Waals surface area contributed by atoms with E-state index in [4.69, 9.17) is 4.74 Å². The summed E-state index contributed by atoms with van der Waals surface area (Å²) >= 11 is 0. The molecule has 1 aromatic carbocycles. The molecular weight excluding hydrogens is 414 g/mol. The summed E-state index contributed by atoms with van der Waals surface area (Å²) in [5.41, 5.74) is 3.48. The van der Waals surface area contributed by atoms with Gasteiger partial charge in [0.25, 0.3) is 0 Å². The van der Waals surface area contributed by atoms with E-state index in [2.05, 4.69) is 15.2 Å². The van der Waals surface area contributed by atoms with Crippen LogP contribution in [0.1, 0.15) is 31.7 Å². The Hall–Kier alpha value is -2.74. The van der Waals surface area contributed by atoms with E-state index in [1.165, 1.54) is 0 Å². The first-order valence-electron chi connectivity index (χ1n) is 11.3. The minimum Gasteiger partial charge on any atom is -0.378 e. The average molecular weight is 443 g/mol. The first kappa shape index (κ1) is 21.1. The number of alkyl halides is 2. The van der Waals surface area contributed by atoms with E-state index in [1.807, 2.05) is 30.3 Å². The zero-order chi connectivity index (χ0) is 22.3. The smallest absolute Gasteiger partial charge is 0.248 e. The number of hydrogen-bond acceptors (Lipinski definition) is 5. The Morgan fingerprint density at radius 1 is 1.25 bits per heavy atom. The molecule has 0 unspecified atom stereocenters. The number of nitrogens with one attached hydrogen (secondary N) is 1. The number of carbonyl (C=O) groups is 1. The lowest BCUT2D eigenvalue weighted by molar-refractivity contribution is -0.130. The molecular formula is C24H28F2N4O2. The monoisotopic (exact) mass is 442 g/mol. The Morgan fingerprint density at radius 3 is 2.84 bits per heavy atom. The van der Waals surface area contributed by atoms with Crippen LogP contribution in [0, 0.1) is 11.8 Å². The number of aromatic nitrogens is 1. The molecule has 2 atom stereocenters. The van der Waals surface area contributed by atoms with Gasteiger partial charge < -0.3 is 19.9 Å². The largest absolute Gasteiger partial charge is 0.378 e. The Kier molecular flexibility index (Phi) is 5.49. The summed E-state index contributed by atoms with van der Waals surface area (Å²) in [6.07, 6.45) is 1.44. The highest BCUT2D eigenvalue weighted by Gasteiger charge is 2.44.